The number of nitrogens with zero attached hydrogens (tertiary/aromatic N) is 2. The van der Waals surface area contributed by atoms with Crippen LogP contribution in [-0.2, 0) is 6.54 Å². The zero-order valence-electron chi connectivity index (χ0n) is 11.1. The molecule has 106 valence electrons. The van der Waals surface area contributed by atoms with Crippen molar-refractivity contribution in [3.63, 3.8) is 0 Å². The SMILES string of the molecule is Fc1ccc(CNc2ccccc2-n2ccnc2)cc1Br. The summed E-state index contributed by atoms with van der Waals surface area (Å²) in [6.07, 6.45) is 5.40. The molecule has 1 heterocycles. The minimum absolute atomic E-state index is 0.252. The van der Waals surface area contributed by atoms with Crippen molar-refractivity contribution in [1.82, 2.24) is 9.55 Å². The van der Waals surface area contributed by atoms with Gasteiger partial charge in [0.2, 0.25) is 0 Å². The van der Waals surface area contributed by atoms with Gasteiger partial charge >= 0.3 is 0 Å². The average molecular weight is 346 g/mol. The second-order valence-corrected chi connectivity index (χ2v) is 5.44. The van der Waals surface area contributed by atoms with Crippen LogP contribution in [0.5, 0.6) is 0 Å². The molecule has 0 saturated carbocycles. The van der Waals surface area contributed by atoms with Gasteiger partial charge in [0, 0.05) is 18.9 Å². The summed E-state index contributed by atoms with van der Waals surface area (Å²) in [4.78, 5) is 4.07. The van der Waals surface area contributed by atoms with E-state index in [2.05, 4.69) is 26.2 Å². The molecule has 0 aliphatic carbocycles. The standard InChI is InChI=1S/C16H13BrFN3/c17-13-9-12(5-6-14(13)18)10-20-15-3-1-2-4-16(15)21-8-7-19-11-21/h1-9,11,20H,10H2. The summed E-state index contributed by atoms with van der Waals surface area (Å²) in [5.74, 6) is -0.252. The Morgan fingerprint density at radius 3 is 2.81 bits per heavy atom. The molecule has 0 aliphatic heterocycles. The van der Waals surface area contributed by atoms with E-state index in [9.17, 15) is 4.39 Å². The maximum atomic E-state index is 13.2. The lowest BCUT2D eigenvalue weighted by Gasteiger charge is -2.12. The Morgan fingerprint density at radius 2 is 2.05 bits per heavy atom. The summed E-state index contributed by atoms with van der Waals surface area (Å²) in [6.45, 7) is 0.616. The monoisotopic (exact) mass is 345 g/mol. The molecular weight excluding hydrogens is 333 g/mol. The Kier molecular flexibility index (Phi) is 4.01. The average Bonchev–Trinajstić information content (AvgIpc) is 3.03. The van der Waals surface area contributed by atoms with Gasteiger partial charge in [0.1, 0.15) is 5.82 Å². The van der Waals surface area contributed by atoms with Crippen molar-refractivity contribution in [3.05, 3.63) is 77.0 Å². The molecule has 0 fully saturated rings. The van der Waals surface area contributed by atoms with Gasteiger partial charge in [-0.05, 0) is 45.8 Å². The van der Waals surface area contributed by atoms with Gasteiger partial charge in [0.05, 0.1) is 22.2 Å². The molecule has 0 atom stereocenters. The molecule has 5 heteroatoms. The number of hydrogen-bond donors (Lipinski definition) is 1. The number of anilines is 1. The molecule has 3 rings (SSSR count). The highest BCUT2D eigenvalue weighted by Crippen LogP contribution is 2.22. The van der Waals surface area contributed by atoms with Gasteiger partial charge in [-0.2, -0.15) is 0 Å². The lowest BCUT2D eigenvalue weighted by Crippen LogP contribution is -2.03. The fourth-order valence-electron chi connectivity index (χ4n) is 2.10. The first-order valence-electron chi connectivity index (χ1n) is 6.49. The van der Waals surface area contributed by atoms with Crippen LogP contribution in [0.3, 0.4) is 0 Å². The van der Waals surface area contributed by atoms with Gasteiger partial charge in [-0.25, -0.2) is 9.37 Å². The van der Waals surface area contributed by atoms with Gasteiger partial charge in [0.15, 0.2) is 0 Å². The number of imidazole rings is 1. The Morgan fingerprint density at radius 1 is 1.19 bits per heavy atom. The van der Waals surface area contributed by atoms with Crippen LogP contribution in [0.15, 0.2) is 65.7 Å². The number of nitrogens with one attached hydrogen (secondary N) is 1. The molecule has 0 bridgehead atoms. The smallest absolute Gasteiger partial charge is 0.137 e. The van der Waals surface area contributed by atoms with E-state index in [1.807, 2.05) is 35.0 Å². The van der Waals surface area contributed by atoms with Crippen LogP contribution in [0.1, 0.15) is 5.56 Å². The van der Waals surface area contributed by atoms with E-state index >= 15 is 0 Å². The molecule has 0 radical (unpaired) electrons. The van der Waals surface area contributed by atoms with Crippen LogP contribution in [0.4, 0.5) is 10.1 Å². The minimum atomic E-state index is -0.252. The molecule has 0 unspecified atom stereocenters. The number of para-hydroxylation sites is 2. The van der Waals surface area contributed by atoms with Crippen molar-refractivity contribution in [2.75, 3.05) is 5.32 Å². The minimum Gasteiger partial charge on any atom is -0.379 e. The van der Waals surface area contributed by atoms with Crippen LogP contribution in [0.2, 0.25) is 0 Å². The molecule has 1 aromatic heterocycles. The molecule has 0 aliphatic rings. The van der Waals surface area contributed by atoms with Gasteiger partial charge in [-0.1, -0.05) is 18.2 Å². The number of hydrogen-bond acceptors (Lipinski definition) is 2. The van der Waals surface area contributed by atoms with Crippen molar-refractivity contribution in [2.24, 2.45) is 0 Å². The van der Waals surface area contributed by atoms with E-state index in [1.165, 1.54) is 6.07 Å². The summed E-state index contributed by atoms with van der Waals surface area (Å²) in [5.41, 5.74) is 3.02. The van der Waals surface area contributed by atoms with Crippen molar-refractivity contribution in [1.29, 1.82) is 0 Å². The maximum absolute atomic E-state index is 13.2. The first-order valence-corrected chi connectivity index (χ1v) is 7.28. The van der Waals surface area contributed by atoms with E-state index in [-0.39, 0.29) is 5.82 Å². The van der Waals surface area contributed by atoms with E-state index in [0.29, 0.717) is 11.0 Å². The molecule has 3 aromatic rings. The third-order valence-electron chi connectivity index (χ3n) is 3.15. The van der Waals surface area contributed by atoms with Crippen LogP contribution in [0, 0.1) is 5.82 Å². The lowest BCUT2D eigenvalue weighted by molar-refractivity contribution is 0.620. The Balaban J connectivity index is 1.81. The second-order valence-electron chi connectivity index (χ2n) is 4.59. The maximum Gasteiger partial charge on any atom is 0.137 e. The number of benzene rings is 2. The van der Waals surface area contributed by atoms with Crippen molar-refractivity contribution >= 4 is 21.6 Å². The largest absolute Gasteiger partial charge is 0.379 e. The molecule has 0 amide bonds. The highest BCUT2D eigenvalue weighted by molar-refractivity contribution is 9.10. The molecule has 1 N–H and O–H groups in total. The lowest BCUT2D eigenvalue weighted by atomic mass is 10.2. The molecule has 21 heavy (non-hydrogen) atoms. The van der Waals surface area contributed by atoms with Gasteiger partial charge in [0.25, 0.3) is 0 Å². The van der Waals surface area contributed by atoms with E-state index < -0.39 is 0 Å². The first-order chi connectivity index (χ1) is 10.2. The molecular formula is C16H13BrFN3. The number of halogens is 2. The fraction of sp³-hybridized carbons (Fsp3) is 0.0625. The third-order valence-corrected chi connectivity index (χ3v) is 3.76. The summed E-state index contributed by atoms with van der Waals surface area (Å²) >= 11 is 3.20. The predicted molar refractivity (Wildman–Crippen MR) is 85.0 cm³/mol. The normalized spacial score (nSPS) is 10.6. The van der Waals surface area contributed by atoms with Crippen molar-refractivity contribution in [3.8, 4) is 5.69 Å². The highest BCUT2D eigenvalue weighted by Gasteiger charge is 2.04. The fourth-order valence-corrected chi connectivity index (χ4v) is 2.52. The van der Waals surface area contributed by atoms with Gasteiger partial charge < -0.3 is 9.88 Å². The first kappa shape index (κ1) is 13.8. The van der Waals surface area contributed by atoms with E-state index in [0.717, 1.165) is 16.9 Å². The zero-order chi connectivity index (χ0) is 14.7. The third kappa shape index (κ3) is 3.13. The quantitative estimate of drug-likeness (QED) is 0.760. The van der Waals surface area contributed by atoms with Crippen molar-refractivity contribution < 1.29 is 4.39 Å². The molecule has 0 spiro atoms. The van der Waals surface area contributed by atoms with E-state index in [4.69, 9.17) is 0 Å². The van der Waals surface area contributed by atoms with Crippen LogP contribution in [-0.4, -0.2) is 9.55 Å². The topological polar surface area (TPSA) is 29.9 Å². The zero-order valence-corrected chi connectivity index (χ0v) is 12.7. The Labute approximate surface area is 130 Å². The second kappa shape index (κ2) is 6.10. The van der Waals surface area contributed by atoms with Gasteiger partial charge in [-0.3, -0.25) is 0 Å². The molecule has 3 nitrogen and oxygen atoms in total. The summed E-state index contributed by atoms with van der Waals surface area (Å²) in [6, 6.07) is 13.0. The summed E-state index contributed by atoms with van der Waals surface area (Å²) in [7, 11) is 0. The summed E-state index contributed by atoms with van der Waals surface area (Å²) in [5, 5.41) is 3.37. The summed E-state index contributed by atoms with van der Waals surface area (Å²) < 4.78 is 15.7. The number of rotatable bonds is 4. The van der Waals surface area contributed by atoms with E-state index in [1.54, 1.807) is 24.7 Å². The van der Waals surface area contributed by atoms with Crippen LogP contribution < -0.4 is 5.32 Å². The predicted octanol–water partition coefficient (Wildman–Crippen LogP) is 4.39. The Bertz CT molecular complexity index is 741. The van der Waals surface area contributed by atoms with Crippen LogP contribution >= 0.6 is 15.9 Å². The highest BCUT2D eigenvalue weighted by atomic mass is 79.9. The van der Waals surface area contributed by atoms with Gasteiger partial charge in [-0.15, -0.1) is 0 Å². The molecule has 0 saturated heterocycles. The Hall–Kier alpha value is -2.14. The van der Waals surface area contributed by atoms with Crippen molar-refractivity contribution in [2.45, 2.75) is 6.54 Å². The number of aromatic nitrogens is 2. The van der Waals surface area contributed by atoms with Crippen LogP contribution in [0.25, 0.3) is 5.69 Å². The molecule has 2 aromatic carbocycles.